The monoisotopic (exact) mass is 492 g/mol. The van der Waals surface area contributed by atoms with Crippen LogP contribution in [-0.2, 0) is 6.61 Å². The van der Waals surface area contributed by atoms with Crippen molar-refractivity contribution in [3.8, 4) is 17.2 Å². The van der Waals surface area contributed by atoms with E-state index in [-0.39, 0.29) is 29.5 Å². The standard InChI is InChI=1S/C26H21ClN2O6/c1-16-3-6-21(7-4-16)34-23-13-19(12-20(14-23)29(31)32)28-26(30)25-10-8-22(35-25)15-33-24-9-5-18(27)11-17(24)2/h3-14H,15H2,1-2H3,(H,28,30). The predicted molar refractivity (Wildman–Crippen MR) is 132 cm³/mol. The summed E-state index contributed by atoms with van der Waals surface area (Å²) < 4.78 is 17.1. The number of ether oxygens (including phenoxy) is 2. The molecule has 1 amide bonds. The third-order valence-corrected chi connectivity index (χ3v) is 5.24. The first kappa shape index (κ1) is 23.8. The molecule has 3 aromatic carbocycles. The minimum Gasteiger partial charge on any atom is -0.485 e. The summed E-state index contributed by atoms with van der Waals surface area (Å²) in [5.41, 5.74) is 1.89. The Morgan fingerprint density at radius 2 is 1.77 bits per heavy atom. The Morgan fingerprint density at radius 1 is 1.00 bits per heavy atom. The van der Waals surface area contributed by atoms with E-state index in [1.54, 1.807) is 36.4 Å². The minimum atomic E-state index is -0.569. The fourth-order valence-electron chi connectivity index (χ4n) is 3.26. The lowest BCUT2D eigenvalue weighted by atomic mass is 10.2. The van der Waals surface area contributed by atoms with Gasteiger partial charge in [-0.3, -0.25) is 14.9 Å². The van der Waals surface area contributed by atoms with Crippen molar-refractivity contribution < 1.29 is 23.6 Å². The van der Waals surface area contributed by atoms with Gasteiger partial charge in [0.05, 0.1) is 16.7 Å². The number of non-ortho nitro benzene ring substituents is 1. The van der Waals surface area contributed by atoms with Crippen LogP contribution in [0.15, 0.2) is 77.2 Å². The number of anilines is 1. The predicted octanol–water partition coefficient (Wildman–Crippen LogP) is 7.08. The van der Waals surface area contributed by atoms with E-state index >= 15 is 0 Å². The highest BCUT2D eigenvalue weighted by molar-refractivity contribution is 6.30. The van der Waals surface area contributed by atoms with E-state index in [4.69, 9.17) is 25.5 Å². The van der Waals surface area contributed by atoms with Gasteiger partial charge in [-0.05, 0) is 61.9 Å². The number of amides is 1. The number of halogens is 1. The molecular formula is C26H21ClN2O6. The number of hydrogen-bond acceptors (Lipinski definition) is 6. The summed E-state index contributed by atoms with van der Waals surface area (Å²) in [6, 6.07) is 19.7. The molecule has 4 rings (SSSR count). The molecule has 178 valence electrons. The molecule has 0 unspecified atom stereocenters. The van der Waals surface area contributed by atoms with E-state index in [1.807, 2.05) is 26.0 Å². The number of carbonyl (C=O) groups is 1. The Kier molecular flexibility index (Phi) is 7.03. The van der Waals surface area contributed by atoms with E-state index in [0.29, 0.717) is 22.3 Å². The molecule has 0 atom stereocenters. The normalized spacial score (nSPS) is 10.6. The van der Waals surface area contributed by atoms with E-state index in [9.17, 15) is 14.9 Å². The topological polar surface area (TPSA) is 104 Å². The molecule has 0 aliphatic rings. The first-order valence-electron chi connectivity index (χ1n) is 10.6. The van der Waals surface area contributed by atoms with E-state index < -0.39 is 10.8 Å². The van der Waals surface area contributed by atoms with Crippen molar-refractivity contribution in [2.24, 2.45) is 0 Å². The first-order chi connectivity index (χ1) is 16.8. The molecule has 0 aliphatic heterocycles. The smallest absolute Gasteiger partial charge is 0.291 e. The van der Waals surface area contributed by atoms with Crippen LogP contribution in [0.25, 0.3) is 0 Å². The van der Waals surface area contributed by atoms with Gasteiger partial charge in [0.25, 0.3) is 11.6 Å². The average molecular weight is 493 g/mol. The third-order valence-electron chi connectivity index (χ3n) is 5.01. The van der Waals surface area contributed by atoms with Gasteiger partial charge in [-0.25, -0.2) is 0 Å². The lowest BCUT2D eigenvalue weighted by Crippen LogP contribution is -2.11. The highest BCUT2D eigenvalue weighted by Gasteiger charge is 2.16. The largest absolute Gasteiger partial charge is 0.485 e. The van der Waals surface area contributed by atoms with Crippen LogP contribution in [0.3, 0.4) is 0 Å². The van der Waals surface area contributed by atoms with Crippen LogP contribution in [0.2, 0.25) is 5.02 Å². The van der Waals surface area contributed by atoms with Crippen LogP contribution >= 0.6 is 11.6 Å². The van der Waals surface area contributed by atoms with Gasteiger partial charge in [0.2, 0.25) is 0 Å². The zero-order chi connectivity index (χ0) is 24.9. The maximum Gasteiger partial charge on any atom is 0.291 e. The lowest BCUT2D eigenvalue weighted by molar-refractivity contribution is -0.384. The molecule has 9 heteroatoms. The van der Waals surface area contributed by atoms with Crippen molar-refractivity contribution in [2.45, 2.75) is 20.5 Å². The lowest BCUT2D eigenvalue weighted by Gasteiger charge is -2.09. The van der Waals surface area contributed by atoms with Gasteiger partial charge in [-0.2, -0.15) is 0 Å². The van der Waals surface area contributed by atoms with Gasteiger partial charge in [0, 0.05) is 17.2 Å². The van der Waals surface area contributed by atoms with Crippen LogP contribution in [0.1, 0.15) is 27.4 Å². The quantitative estimate of drug-likeness (QED) is 0.208. The molecule has 35 heavy (non-hydrogen) atoms. The summed E-state index contributed by atoms with van der Waals surface area (Å²) in [7, 11) is 0. The number of carbonyl (C=O) groups excluding carboxylic acids is 1. The van der Waals surface area contributed by atoms with Gasteiger partial charge < -0.3 is 19.2 Å². The number of nitrogens with zero attached hydrogens (tertiary/aromatic N) is 1. The first-order valence-corrected chi connectivity index (χ1v) is 11.0. The number of aryl methyl sites for hydroxylation is 2. The number of nitrogens with one attached hydrogen (secondary N) is 1. The highest BCUT2D eigenvalue weighted by atomic mass is 35.5. The highest BCUT2D eigenvalue weighted by Crippen LogP contribution is 2.30. The Bertz CT molecular complexity index is 1380. The number of nitro benzene ring substituents is 1. The third kappa shape index (κ3) is 6.18. The van der Waals surface area contributed by atoms with Gasteiger partial charge in [0.1, 0.15) is 29.6 Å². The van der Waals surface area contributed by atoms with Gasteiger partial charge in [-0.15, -0.1) is 0 Å². The second kappa shape index (κ2) is 10.3. The Morgan fingerprint density at radius 3 is 2.49 bits per heavy atom. The molecule has 0 aliphatic carbocycles. The maximum atomic E-state index is 12.7. The number of hydrogen-bond donors (Lipinski definition) is 1. The SMILES string of the molecule is Cc1ccc(Oc2cc(NC(=O)c3ccc(COc4ccc(Cl)cc4C)o3)cc([N+](=O)[O-])c2)cc1. The summed E-state index contributed by atoms with van der Waals surface area (Å²) in [4.78, 5) is 23.5. The summed E-state index contributed by atoms with van der Waals surface area (Å²) in [6.07, 6.45) is 0. The Hall–Kier alpha value is -4.30. The molecule has 0 spiro atoms. The number of nitro groups is 1. The van der Waals surface area contributed by atoms with Crippen molar-refractivity contribution >= 4 is 28.9 Å². The van der Waals surface area contributed by atoms with Crippen molar-refractivity contribution in [1.29, 1.82) is 0 Å². The molecule has 0 radical (unpaired) electrons. The van der Waals surface area contributed by atoms with Gasteiger partial charge in [0.15, 0.2) is 5.76 Å². The molecule has 1 N–H and O–H groups in total. The van der Waals surface area contributed by atoms with Crippen molar-refractivity contribution in [3.63, 3.8) is 0 Å². The number of furan rings is 1. The molecule has 8 nitrogen and oxygen atoms in total. The van der Waals surface area contributed by atoms with Gasteiger partial charge in [-0.1, -0.05) is 29.3 Å². The Balaban J connectivity index is 1.46. The summed E-state index contributed by atoms with van der Waals surface area (Å²) in [6.45, 7) is 3.93. The molecule has 4 aromatic rings. The molecule has 0 bridgehead atoms. The van der Waals surface area contributed by atoms with Crippen LogP contribution < -0.4 is 14.8 Å². The van der Waals surface area contributed by atoms with Crippen LogP contribution in [-0.4, -0.2) is 10.8 Å². The van der Waals surface area contributed by atoms with Crippen LogP contribution in [0.4, 0.5) is 11.4 Å². The molecule has 0 fully saturated rings. The number of benzene rings is 3. The van der Waals surface area contributed by atoms with Crippen LogP contribution in [0, 0.1) is 24.0 Å². The van der Waals surface area contributed by atoms with Crippen molar-refractivity contribution in [1.82, 2.24) is 0 Å². The second-order valence-corrected chi connectivity index (χ2v) is 8.24. The van der Waals surface area contributed by atoms with E-state index in [2.05, 4.69) is 5.32 Å². The molecule has 0 saturated carbocycles. The Labute approximate surface area is 206 Å². The molecular weight excluding hydrogens is 472 g/mol. The summed E-state index contributed by atoms with van der Waals surface area (Å²) >= 11 is 5.96. The zero-order valence-corrected chi connectivity index (χ0v) is 19.7. The molecule has 1 aromatic heterocycles. The zero-order valence-electron chi connectivity index (χ0n) is 18.9. The second-order valence-electron chi connectivity index (χ2n) is 7.81. The fraction of sp³-hybridized carbons (Fsp3) is 0.115. The average Bonchev–Trinajstić information content (AvgIpc) is 3.29. The van der Waals surface area contributed by atoms with E-state index in [1.165, 1.54) is 24.3 Å². The fourth-order valence-corrected chi connectivity index (χ4v) is 3.48. The van der Waals surface area contributed by atoms with E-state index in [0.717, 1.165) is 11.1 Å². The number of rotatable bonds is 8. The van der Waals surface area contributed by atoms with Crippen LogP contribution in [0.5, 0.6) is 17.2 Å². The summed E-state index contributed by atoms with van der Waals surface area (Å²) in [5, 5.41) is 14.6. The minimum absolute atomic E-state index is 0.0314. The van der Waals surface area contributed by atoms with Gasteiger partial charge >= 0.3 is 0 Å². The molecule has 1 heterocycles. The van der Waals surface area contributed by atoms with Crippen molar-refractivity contribution in [3.05, 3.63) is 111 Å². The van der Waals surface area contributed by atoms with Crippen molar-refractivity contribution in [2.75, 3.05) is 5.32 Å². The summed E-state index contributed by atoms with van der Waals surface area (Å²) in [5.74, 6) is 1.27. The molecule has 0 saturated heterocycles. The maximum absolute atomic E-state index is 12.7.